The van der Waals surface area contributed by atoms with Gasteiger partial charge in [-0.15, -0.1) is 0 Å². The molecule has 0 aromatic heterocycles. The van der Waals surface area contributed by atoms with Gasteiger partial charge in [0.05, 0.1) is 14.2 Å². The van der Waals surface area contributed by atoms with Crippen LogP contribution in [0.5, 0.6) is 11.5 Å². The zero-order chi connectivity index (χ0) is 23.3. The molecular weight excluding hydrogens is 416 g/mol. The Bertz CT molecular complexity index is 1240. The molecule has 5 aromatic carbocycles. The Labute approximate surface area is 201 Å². The minimum atomic E-state index is 0.871. The van der Waals surface area contributed by atoms with Gasteiger partial charge in [0.25, 0.3) is 0 Å². The fourth-order valence-corrected chi connectivity index (χ4v) is 4.13. The summed E-state index contributed by atoms with van der Waals surface area (Å²) >= 11 is 0. The molecule has 2 nitrogen and oxygen atoms in total. The largest absolute Gasteiger partial charge is 0.497 e. The Hall–Kier alpha value is -4.30. The molecule has 0 bridgehead atoms. The van der Waals surface area contributed by atoms with E-state index in [4.69, 9.17) is 9.47 Å². The number of hydrogen-bond donors (Lipinski definition) is 0. The molecule has 0 unspecified atom stereocenters. The van der Waals surface area contributed by atoms with Crippen LogP contribution in [0.2, 0.25) is 0 Å². The van der Waals surface area contributed by atoms with Crippen LogP contribution in [0.4, 0.5) is 0 Å². The number of hydrogen-bond acceptors (Lipinski definition) is 2. The summed E-state index contributed by atoms with van der Waals surface area (Å²) in [6.07, 6.45) is 0. The second kappa shape index (κ2) is 9.68. The summed E-state index contributed by atoms with van der Waals surface area (Å²) in [5.41, 5.74) is 9.58. The van der Waals surface area contributed by atoms with E-state index in [9.17, 15) is 0 Å². The second-order valence-corrected chi connectivity index (χ2v) is 8.19. The highest BCUT2D eigenvalue weighted by Crippen LogP contribution is 2.30. The smallest absolute Gasteiger partial charge is 0.118 e. The van der Waals surface area contributed by atoms with Crippen LogP contribution in [0, 0.1) is 0 Å². The van der Waals surface area contributed by atoms with Gasteiger partial charge in [0, 0.05) is 0 Å². The molecule has 0 N–H and O–H groups in total. The normalized spacial score (nSPS) is 10.6. The topological polar surface area (TPSA) is 18.5 Å². The van der Waals surface area contributed by atoms with Gasteiger partial charge in [-0.3, -0.25) is 0 Å². The summed E-state index contributed by atoms with van der Waals surface area (Å²) < 4.78 is 10.5. The van der Waals surface area contributed by atoms with Crippen molar-refractivity contribution in [3.8, 4) is 56.0 Å². The maximum absolute atomic E-state index is 5.25. The summed E-state index contributed by atoms with van der Waals surface area (Å²) in [5, 5.41) is 0. The van der Waals surface area contributed by atoms with Crippen LogP contribution in [-0.4, -0.2) is 14.2 Å². The van der Waals surface area contributed by atoms with Crippen molar-refractivity contribution in [2.24, 2.45) is 0 Å². The first-order valence-electron chi connectivity index (χ1n) is 11.3. The quantitative estimate of drug-likeness (QED) is 0.263. The van der Waals surface area contributed by atoms with Crippen molar-refractivity contribution in [1.29, 1.82) is 0 Å². The average molecular weight is 443 g/mol. The van der Waals surface area contributed by atoms with Gasteiger partial charge < -0.3 is 9.47 Å². The molecular formula is C32H26O2. The van der Waals surface area contributed by atoms with Crippen LogP contribution in [0.25, 0.3) is 44.5 Å². The van der Waals surface area contributed by atoms with Gasteiger partial charge >= 0.3 is 0 Å². The molecule has 0 fully saturated rings. The third kappa shape index (κ3) is 4.57. The molecule has 0 aliphatic heterocycles. The van der Waals surface area contributed by atoms with Crippen molar-refractivity contribution in [2.75, 3.05) is 14.2 Å². The lowest BCUT2D eigenvalue weighted by Gasteiger charge is -2.08. The first kappa shape index (κ1) is 21.5. The van der Waals surface area contributed by atoms with E-state index in [0.29, 0.717) is 0 Å². The SMILES string of the molecule is COc1ccc(-c2ccc(-c3ccc(-c4ccc(-c5ccc(OC)cc5)cc4)cc3)cc2)cc1. The summed E-state index contributed by atoms with van der Waals surface area (Å²) in [6, 6.07) is 42.5. The highest BCUT2D eigenvalue weighted by atomic mass is 16.5. The minimum absolute atomic E-state index is 0.871. The summed E-state index contributed by atoms with van der Waals surface area (Å²) in [5.74, 6) is 1.74. The van der Waals surface area contributed by atoms with E-state index in [1.165, 1.54) is 44.5 Å². The van der Waals surface area contributed by atoms with Gasteiger partial charge in [0.1, 0.15) is 11.5 Å². The van der Waals surface area contributed by atoms with Gasteiger partial charge in [-0.2, -0.15) is 0 Å². The van der Waals surface area contributed by atoms with Gasteiger partial charge in [-0.25, -0.2) is 0 Å². The van der Waals surface area contributed by atoms with E-state index in [0.717, 1.165) is 11.5 Å². The summed E-state index contributed by atoms with van der Waals surface area (Å²) in [7, 11) is 3.37. The highest BCUT2D eigenvalue weighted by Gasteiger charge is 2.04. The van der Waals surface area contributed by atoms with Gasteiger partial charge in [0.2, 0.25) is 0 Å². The lowest BCUT2D eigenvalue weighted by atomic mass is 9.97. The van der Waals surface area contributed by atoms with Crippen molar-refractivity contribution in [3.63, 3.8) is 0 Å². The van der Waals surface area contributed by atoms with Crippen LogP contribution < -0.4 is 9.47 Å². The summed E-state index contributed by atoms with van der Waals surface area (Å²) in [6.45, 7) is 0. The predicted molar refractivity (Wildman–Crippen MR) is 141 cm³/mol. The maximum atomic E-state index is 5.25. The monoisotopic (exact) mass is 442 g/mol. The average Bonchev–Trinajstić information content (AvgIpc) is 2.93. The Morgan fingerprint density at radius 1 is 0.265 bits per heavy atom. The Kier molecular flexibility index (Phi) is 6.13. The molecule has 0 aliphatic carbocycles. The zero-order valence-corrected chi connectivity index (χ0v) is 19.4. The van der Waals surface area contributed by atoms with E-state index < -0.39 is 0 Å². The molecule has 0 amide bonds. The molecule has 0 radical (unpaired) electrons. The molecule has 0 spiro atoms. The first-order valence-corrected chi connectivity index (χ1v) is 11.3. The Morgan fingerprint density at radius 3 is 0.559 bits per heavy atom. The maximum Gasteiger partial charge on any atom is 0.118 e. The van der Waals surface area contributed by atoms with Crippen LogP contribution in [-0.2, 0) is 0 Å². The number of ether oxygens (including phenoxy) is 2. The van der Waals surface area contributed by atoms with Gasteiger partial charge in [0.15, 0.2) is 0 Å². The molecule has 0 saturated carbocycles. The van der Waals surface area contributed by atoms with Crippen molar-refractivity contribution < 1.29 is 9.47 Å². The standard InChI is InChI=1S/C32H26O2/c1-33-31-19-15-29(16-20-31)27-11-7-25(8-12-27)23-3-5-24(6-4-23)26-9-13-28(14-10-26)30-17-21-32(34-2)22-18-30/h3-22H,1-2H3. The fraction of sp³-hybridized carbons (Fsp3) is 0.0625. The first-order chi connectivity index (χ1) is 16.7. The Morgan fingerprint density at radius 2 is 0.412 bits per heavy atom. The number of rotatable bonds is 6. The zero-order valence-electron chi connectivity index (χ0n) is 19.4. The highest BCUT2D eigenvalue weighted by molar-refractivity contribution is 5.75. The predicted octanol–water partition coefficient (Wildman–Crippen LogP) is 8.37. The minimum Gasteiger partial charge on any atom is -0.497 e. The van der Waals surface area contributed by atoms with Crippen molar-refractivity contribution in [2.45, 2.75) is 0 Å². The molecule has 0 aliphatic rings. The van der Waals surface area contributed by atoms with Gasteiger partial charge in [-0.1, -0.05) is 97.1 Å². The molecule has 166 valence electrons. The molecule has 0 saturated heterocycles. The van der Waals surface area contributed by atoms with E-state index in [1.807, 2.05) is 24.3 Å². The molecule has 34 heavy (non-hydrogen) atoms. The number of methoxy groups -OCH3 is 2. The van der Waals surface area contributed by atoms with E-state index in [-0.39, 0.29) is 0 Å². The Balaban J connectivity index is 1.31. The van der Waals surface area contributed by atoms with Crippen LogP contribution in [0.1, 0.15) is 0 Å². The molecule has 2 heteroatoms. The van der Waals surface area contributed by atoms with Crippen LogP contribution in [0.3, 0.4) is 0 Å². The molecule has 5 aromatic rings. The summed E-state index contributed by atoms with van der Waals surface area (Å²) in [4.78, 5) is 0. The third-order valence-electron chi connectivity index (χ3n) is 6.17. The van der Waals surface area contributed by atoms with E-state index >= 15 is 0 Å². The molecule has 0 heterocycles. The van der Waals surface area contributed by atoms with Gasteiger partial charge in [-0.05, 0) is 68.8 Å². The fourth-order valence-electron chi connectivity index (χ4n) is 4.13. The number of benzene rings is 5. The van der Waals surface area contributed by atoms with Crippen molar-refractivity contribution in [3.05, 3.63) is 121 Å². The van der Waals surface area contributed by atoms with Crippen molar-refractivity contribution >= 4 is 0 Å². The van der Waals surface area contributed by atoms with Crippen LogP contribution in [0.15, 0.2) is 121 Å². The molecule has 5 rings (SSSR count). The van der Waals surface area contributed by atoms with E-state index in [1.54, 1.807) is 14.2 Å². The molecule has 0 atom stereocenters. The lowest BCUT2D eigenvalue weighted by molar-refractivity contribution is 0.415. The second-order valence-electron chi connectivity index (χ2n) is 8.19. The van der Waals surface area contributed by atoms with E-state index in [2.05, 4.69) is 97.1 Å². The lowest BCUT2D eigenvalue weighted by Crippen LogP contribution is -1.84. The van der Waals surface area contributed by atoms with Crippen LogP contribution >= 0.6 is 0 Å². The van der Waals surface area contributed by atoms with Crippen molar-refractivity contribution in [1.82, 2.24) is 0 Å². The third-order valence-corrected chi connectivity index (χ3v) is 6.17.